The lowest BCUT2D eigenvalue weighted by Crippen LogP contribution is -2.39. The molecule has 20 heavy (non-hydrogen) atoms. The number of carbonyl (C=O) groups excluding carboxylic acids is 1. The molecule has 0 unspecified atom stereocenters. The molecule has 2 heterocycles. The zero-order valence-corrected chi connectivity index (χ0v) is 13.1. The van der Waals surface area contributed by atoms with Gasteiger partial charge in [0, 0.05) is 22.2 Å². The molecule has 1 aliphatic heterocycles. The number of benzene rings is 1. The van der Waals surface area contributed by atoms with Gasteiger partial charge in [0.15, 0.2) is 0 Å². The molecule has 3 rings (SSSR count). The van der Waals surface area contributed by atoms with Gasteiger partial charge in [0.1, 0.15) is 17.2 Å². The molecule has 1 amide bonds. The van der Waals surface area contributed by atoms with E-state index in [2.05, 4.69) is 32.6 Å². The first kappa shape index (κ1) is 13.3. The molecule has 102 valence electrons. The Morgan fingerprint density at radius 3 is 2.65 bits per heavy atom. The van der Waals surface area contributed by atoms with Crippen molar-refractivity contribution < 1.29 is 4.79 Å². The number of hydrogen-bond donors (Lipinski definition) is 1. The molecular weight excluding hydrogens is 367 g/mol. The molecule has 0 bridgehead atoms. The number of aryl methyl sites for hydroxylation is 1. The molecule has 2 N–H and O–H groups in total. The Morgan fingerprint density at radius 1 is 1.25 bits per heavy atom. The molecule has 0 aliphatic carbocycles. The zero-order chi connectivity index (χ0) is 14.3. The van der Waals surface area contributed by atoms with Gasteiger partial charge in [-0.3, -0.25) is 4.79 Å². The monoisotopic (exact) mass is 380 g/mol. The molecule has 0 atom stereocenters. The largest absolute Gasteiger partial charge is 0.383 e. The predicted molar refractivity (Wildman–Crippen MR) is 85.7 cm³/mol. The van der Waals surface area contributed by atoms with Crippen molar-refractivity contribution in [2.75, 3.05) is 17.2 Å². The van der Waals surface area contributed by atoms with Crippen LogP contribution in [0.1, 0.15) is 21.9 Å². The quantitative estimate of drug-likeness (QED) is 0.770. The van der Waals surface area contributed by atoms with Gasteiger partial charge in [0.2, 0.25) is 0 Å². The summed E-state index contributed by atoms with van der Waals surface area (Å²) in [6.07, 6.45) is 0.695. The number of carbonyl (C=O) groups is 1. The summed E-state index contributed by atoms with van der Waals surface area (Å²) in [4.78, 5) is 22.8. The van der Waals surface area contributed by atoms with Crippen molar-refractivity contribution in [2.45, 2.75) is 13.3 Å². The fourth-order valence-corrected chi connectivity index (χ4v) is 2.75. The van der Waals surface area contributed by atoms with E-state index in [1.807, 2.05) is 24.3 Å². The van der Waals surface area contributed by atoms with E-state index in [1.54, 1.807) is 11.8 Å². The Hall–Kier alpha value is -1.70. The molecule has 6 heteroatoms. The van der Waals surface area contributed by atoms with E-state index in [9.17, 15) is 4.79 Å². The second kappa shape index (κ2) is 5.01. The van der Waals surface area contributed by atoms with Crippen LogP contribution in [0.4, 0.5) is 11.5 Å². The van der Waals surface area contributed by atoms with Crippen LogP contribution in [0, 0.1) is 10.5 Å². The van der Waals surface area contributed by atoms with E-state index in [0.29, 0.717) is 24.4 Å². The Bertz CT molecular complexity index is 684. The number of halogens is 1. The maximum atomic E-state index is 12.6. The number of nitrogen functional groups attached to an aromatic ring is 1. The normalized spacial score (nSPS) is 14.3. The third-order valence-electron chi connectivity index (χ3n) is 3.29. The number of nitrogens with two attached hydrogens (primary N) is 1. The lowest BCUT2D eigenvalue weighted by atomic mass is 10.0. The van der Waals surface area contributed by atoms with Crippen molar-refractivity contribution in [3.63, 3.8) is 0 Å². The predicted octanol–water partition coefficient (Wildman–Crippen LogP) is 2.17. The summed E-state index contributed by atoms with van der Waals surface area (Å²) in [6.45, 7) is 2.40. The molecule has 1 aliphatic rings. The van der Waals surface area contributed by atoms with Gasteiger partial charge < -0.3 is 10.6 Å². The topological polar surface area (TPSA) is 72.1 Å². The van der Waals surface area contributed by atoms with Crippen LogP contribution < -0.4 is 10.6 Å². The lowest BCUT2D eigenvalue weighted by Gasteiger charge is -2.28. The summed E-state index contributed by atoms with van der Waals surface area (Å²) in [7, 11) is 0. The van der Waals surface area contributed by atoms with E-state index in [0.717, 1.165) is 15.0 Å². The lowest BCUT2D eigenvalue weighted by molar-refractivity contribution is 0.0980. The highest BCUT2D eigenvalue weighted by Gasteiger charge is 2.29. The molecule has 2 aromatic rings. The second-order valence-corrected chi connectivity index (χ2v) is 5.91. The summed E-state index contributed by atoms with van der Waals surface area (Å²) < 4.78 is 1.13. The fraction of sp³-hybridized carbons (Fsp3) is 0.214. The highest BCUT2D eigenvalue weighted by atomic mass is 127. The van der Waals surface area contributed by atoms with Gasteiger partial charge in [0.25, 0.3) is 5.91 Å². The highest BCUT2D eigenvalue weighted by Crippen LogP contribution is 2.26. The van der Waals surface area contributed by atoms with Crippen LogP contribution in [0.3, 0.4) is 0 Å². The molecular formula is C14H13IN4O. The Balaban J connectivity index is 2.03. The summed E-state index contributed by atoms with van der Waals surface area (Å²) in [5, 5.41) is 0. The zero-order valence-electron chi connectivity index (χ0n) is 10.9. The van der Waals surface area contributed by atoms with Crippen LogP contribution in [0.5, 0.6) is 0 Å². The Kier molecular flexibility index (Phi) is 3.33. The number of anilines is 2. The minimum atomic E-state index is -0.120. The summed E-state index contributed by atoms with van der Waals surface area (Å²) >= 11 is 2.24. The average Bonchev–Trinajstić information content (AvgIpc) is 2.39. The van der Waals surface area contributed by atoms with Crippen molar-refractivity contribution in [3.05, 3.63) is 44.9 Å². The number of fused-ring (bicyclic) bond motifs is 1. The second-order valence-electron chi connectivity index (χ2n) is 4.66. The molecule has 0 radical (unpaired) electrons. The minimum absolute atomic E-state index is 0.120. The highest BCUT2D eigenvalue weighted by molar-refractivity contribution is 14.1. The van der Waals surface area contributed by atoms with Gasteiger partial charge in [-0.15, -0.1) is 0 Å². The van der Waals surface area contributed by atoms with Crippen LogP contribution in [0.15, 0.2) is 24.3 Å². The van der Waals surface area contributed by atoms with E-state index in [-0.39, 0.29) is 11.7 Å². The smallest absolute Gasteiger partial charge is 0.263 e. The number of hydrogen-bond acceptors (Lipinski definition) is 4. The minimum Gasteiger partial charge on any atom is -0.383 e. The molecule has 1 aromatic carbocycles. The first-order valence-electron chi connectivity index (χ1n) is 6.26. The van der Waals surface area contributed by atoms with E-state index < -0.39 is 0 Å². The van der Waals surface area contributed by atoms with Crippen LogP contribution in [0.25, 0.3) is 0 Å². The van der Waals surface area contributed by atoms with Crippen LogP contribution in [-0.4, -0.2) is 22.4 Å². The molecule has 0 fully saturated rings. The van der Waals surface area contributed by atoms with Gasteiger partial charge in [-0.05, 0) is 53.8 Å². The summed E-state index contributed by atoms with van der Waals surface area (Å²) in [5.74, 6) is 0.759. The average molecular weight is 380 g/mol. The van der Waals surface area contributed by atoms with Crippen molar-refractivity contribution in [3.8, 4) is 0 Å². The summed E-state index contributed by atoms with van der Waals surface area (Å²) in [6, 6.07) is 7.84. The molecule has 5 nitrogen and oxygen atoms in total. The van der Waals surface area contributed by atoms with Crippen LogP contribution in [0.2, 0.25) is 0 Å². The van der Waals surface area contributed by atoms with Gasteiger partial charge >= 0.3 is 0 Å². The fourth-order valence-electron chi connectivity index (χ4n) is 2.39. The van der Waals surface area contributed by atoms with Crippen LogP contribution >= 0.6 is 22.6 Å². The molecule has 0 saturated heterocycles. The summed E-state index contributed by atoms with van der Waals surface area (Å²) in [5.41, 5.74) is 7.97. The first-order valence-corrected chi connectivity index (χ1v) is 7.34. The van der Waals surface area contributed by atoms with Crippen molar-refractivity contribution >= 4 is 40.0 Å². The molecule has 0 spiro atoms. The van der Waals surface area contributed by atoms with E-state index >= 15 is 0 Å². The maximum absolute atomic E-state index is 12.6. The van der Waals surface area contributed by atoms with E-state index in [4.69, 9.17) is 5.73 Å². The maximum Gasteiger partial charge on any atom is 0.263 e. The van der Waals surface area contributed by atoms with Gasteiger partial charge in [0.05, 0.1) is 5.69 Å². The van der Waals surface area contributed by atoms with Crippen molar-refractivity contribution in [2.24, 2.45) is 0 Å². The molecule has 1 aromatic heterocycles. The Morgan fingerprint density at radius 2 is 1.95 bits per heavy atom. The number of aromatic nitrogens is 2. The first-order chi connectivity index (χ1) is 9.56. The van der Waals surface area contributed by atoms with Gasteiger partial charge in [-0.1, -0.05) is 0 Å². The van der Waals surface area contributed by atoms with Crippen molar-refractivity contribution in [1.29, 1.82) is 0 Å². The number of nitrogens with zero attached hydrogens (tertiary/aromatic N) is 3. The third kappa shape index (κ3) is 2.24. The van der Waals surface area contributed by atoms with Gasteiger partial charge in [-0.25, -0.2) is 9.97 Å². The molecule has 0 saturated carbocycles. The third-order valence-corrected chi connectivity index (χ3v) is 4.01. The number of amides is 1. The van der Waals surface area contributed by atoms with Gasteiger partial charge in [-0.2, -0.15) is 0 Å². The van der Waals surface area contributed by atoms with E-state index in [1.165, 1.54) is 0 Å². The van der Waals surface area contributed by atoms with Crippen LogP contribution in [-0.2, 0) is 6.42 Å². The Labute approximate surface area is 130 Å². The van der Waals surface area contributed by atoms with Crippen molar-refractivity contribution in [1.82, 2.24) is 9.97 Å². The SMILES string of the molecule is Cc1nc(N)c2c(n1)CCN(c1ccc(I)cc1)C2=O. The standard InChI is InChI=1S/C14H13IN4O/c1-8-17-11-6-7-19(10-4-2-9(15)3-5-10)14(20)12(11)13(16)18-8/h2-5H,6-7H2,1H3,(H2,16,17,18). The number of rotatable bonds is 1.